The summed E-state index contributed by atoms with van der Waals surface area (Å²) in [5.74, 6) is 0.544. The molecule has 1 aromatic heterocycles. The van der Waals surface area contributed by atoms with Gasteiger partial charge in [0.25, 0.3) is 6.01 Å². The van der Waals surface area contributed by atoms with E-state index in [-0.39, 0.29) is 0 Å². The van der Waals surface area contributed by atoms with E-state index in [0.29, 0.717) is 17.6 Å². The molecule has 0 spiro atoms. The average molecular weight is 233 g/mol. The maximum Gasteiger partial charge on any atom is 0.295 e. The summed E-state index contributed by atoms with van der Waals surface area (Å²) in [7, 11) is 0. The van der Waals surface area contributed by atoms with Crippen molar-refractivity contribution >= 4 is 22.8 Å². The molecule has 1 aliphatic heterocycles. The summed E-state index contributed by atoms with van der Waals surface area (Å²) in [4.78, 5) is 4.33. The summed E-state index contributed by atoms with van der Waals surface area (Å²) in [6, 6.07) is 6.07. The molecular formula is C12H15N3O2. The number of nitrogens with one attached hydrogen (secondary N) is 1. The van der Waals surface area contributed by atoms with Crippen LogP contribution >= 0.6 is 0 Å². The van der Waals surface area contributed by atoms with Gasteiger partial charge in [0.05, 0.1) is 12.3 Å². The molecule has 0 bridgehead atoms. The molecule has 1 fully saturated rings. The zero-order chi connectivity index (χ0) is 11.7. The van der Waals surface area contributed by atoms with Crippen molar-refractivity contribution in [2.45, 2.75) is 6.42 Å². The number of nitrogen functional groups attached to an aromatic ring is 1. The highest BCUT2D eigenvalue weighted by Gasteiger charge is 2.16. The molecule has 3 N–H and O–H groups in total. The largest absolute Gasteiger partial charge is 0.423 e. The number of fused-ring (bicyclic) bond motifs is 1. The van der Waals surface area contributed by atoms with E-state index >= 15 is 0 Å². The zero-order valence-corrected chi connectivity index (χ0v) is 9.48. The van der Waals surface area contributed by atoms with Crippen molar-refractivity contribution < 1.29 is 9.15 Å². The summed E-state index contributed by atoms with van der Waals surface area (Å²) < 4.78 is 10.9. The number of para-hydroxylation sites is 1. The molecule has 0 amide bonds. The first-order chi connectivity index (χ1) is 8.33. The van der Waals surface area contributed by atoms with Gasteiger partial charge in [0.2, 0.25) is 0 Å². The minimum Gasteiger partial charge on any atom is -0.423 e. The molecule has 1 aromatic carbocycles. The van der Waals surface area contributed by atoms with Crippen molar-refractivity contribution in [1.29, 1.82) is 0 Å². The molecule has 3 rings (SSSR count). The van der Waals surface area contributed by atoms with Gasteiger partial charge in [0, 0.05) is 19.1 Å². The summed E-state index contributed by atoms with van der Waals surface area (Å²) in [6.07, 6.45) is 1.09. The lowest BCUT2D eigenvalue weighted by Gasteiger charge is -2.06. The quantitative estimate of drug-likeness (QED) is 0.791. The highest BCUT2D eigenvalue weighted by atomic mass is 16.5. The van der Waals surface area contributed by atoms with E-state index in [0.717, 1.165) is 37.3 Å². The van der Waals surface area contributed by atoms with Crippen molar-refractivity contribution in [1.82, 2.24) is 4.98 Å². The molecule has 2 aromatic rings. The Balaban J connectivity index is 1.74. The highest BCUT2D eigenvalue weighted by molar-refractivity contribution is 5.86. The van der Waals surface area contributed by atoms with Crippen LogP contribution in [-0.2, 0) is 4.74 Å². The number of rotatable bonds is 3. The minimum atomic E-state index is 0.532. The van der Waals surface area contributed by atoms with E-state index in [1.165, 1.54) is 0 Å². The van der Waals surface area contributed by atoms with Crippen LogP contribution in [0.1, 0.15) is 6.42 Å². The van der Waals surface area contributed by atoms with Crippen LogP contribution in [0.3, 0.4) is 0 Å². The molecule has 17 heavy (non-hydrogen) atoms. The number of nitrogens with two attached hydrogens (primary N) is 1. The molecule has 5 heteroatoms. The van der Waals surface area contributed by atoms with Gasteiger partial charge in [-0.15, -0.1) is 0 Å². The van der Waals surface area contributed by atoms with Crippen LogP contribution in [0.2, 0.25) is 0 Å². The summed E-state index contributed by atoms with van der Waals surface area (Å²) >= 11 is 0. The van der Waals surface area contributed by atoms with E-state index in [4.69, 9.17) is 14.9 Å². The van der Waals surface area contributed by atoms with Crippen LogP contribution in [0.15, 0.2) is 22.6 Å². The second kappa shape index (κ2) is 4.25. The SMILES string of the molecule is Nc1cccc2oc(NCC3CCOC3)nc12. The number of nitrogens with zero attached hydrogens (tertiary/aromatic N) is 1. The average Bonchev–Trinajstić information content (AvgIpc) is 2.95. The monoisotopic (exact) mass is 233 g/mol. The number of anilines is 2. The van der Waals surface area contributed by atoms with Gasteiger partial charge in [-0.1, -0.05) is 6.07 Å². The summed E-state index contributed by atoms with van der Waals surface area (Å²) in [5, 5.41) is 3.19. The van der Waals surface area contributed by atoms with Crippen LogP contribution in [-0.4, -0.2) is 24.7 Å². The van der Waals surface area contributed by atoms with Crippen LogP contribution < -0.4 is 11.1 Å². The van der Waals surface area contributed by atoms with E-state index in [2.05, 4.69) is 10.3 Å². The van der Waals surface area contributed by atoms with Gasteiger partial charge in [-0.2, -0.15) is 4.98 Å². The van der Waals surface area contributed by atoms with E-state index in [1.54, 1.807) is 0 Å². The Bertz CT molecular complexity index is 517. The van der Waals surface area contributed by atoms with Gasteiger partial charge < -0.3 is 20.2 Å². The zero-order valence-electron chi connectivity index (χ0n) is 9.48. The van der Waals surface area contributed by atoms with Crippen molar-refractivity contribution in [3.05, 3.63) is 18.2 Å². The molecule has 0 aliphatic carbocycles. The van der Waals surface area contributed by atoms with Crippen LogP contribution in [0, 0.1) is 5.92 Å². The lowest BCUT2D eigenvalue weighted by atomic mass is 10.1. The number of benzene rings is 1. The Labute approximate surface area is 98.9 Å². The van der Waals surface area contributed by atoms with Crippen LogP contribution in [0.25, 0.3) is 11.1 Å². The van der Waals surface area contributed by atoms with Gasteiger partial charge in [-0.05, 0) is 18.6 Å². The van der Waals surface area contributed by atoms with Crippen LogP contribution in [0.4, 0.5) is 11.7 Å². The number of aromatic nitrogens is 1. The normalized spacial score (nSPS) is 19.9. The van der Waals surface area contributed by atoms with Crippen molar-refractivity contribution in [3.63, 3.8) is 0 Å². The molecule has 5 nitrogen and oxygen atoms in total. The van der Waals surface area contributed by atoms with Crippen molar-refractivity contribution in [3.8, 4) is 0 Å². The van der Waals surface area contributed by atoms with E-state index < -0.39 is 0 Å². The number of ether oxygens (including phenoxy) is 1. The predicted octanol–water partition coefficient (Wildman–Crippen LogP) is 1.86. The van der Waals surface area contributed by atoms with Crippen LogP contribution in [0.5, 0.6) is 0 Å². The molecular weight excluding hydrogens is 218 g/mol. The smallest absolute Gasteiger partial charge is 0.295 e. The second-order valence-electron chi connectivity index (χ2n) is 4.32. The first kappa shape index (κ1) is 10.4. The first-order valence-electron chi connectivity index (χ1n) is 5.79. The standard InChI is InChI=1S/C12H15N3O2/c13-9-2-1-3-10-11(9)15-12(17-10)14-6-8-4-5-16-7-8/h1-3,8H,4-7,13H2,(H,14,15). The molecule has 0 saturated carbocycles. The van der Waals surface area contributed by atoms with Gasteiger partial charge in [0.1, 0.15) is 5.52 Å². The predicted molar refractivity (Wildman–Crippen MR) is 65.8 cm³/mol. The van der Waals surface area contributed by atoms with E-state index in [1.807, 2.05) is 18.2 Å². The molecule has 1 aliphatic rings. The maximum absolute atomic E-state index is 5.82. The lowest BCUT2D eigenvalue weighted by Crippen LogP contribution is -2.14. The fraction of sp³-hybridized carbons (Fsp3) is 0.417. The molecule has 1 saturated heterocycles. The molecule has 90 valence electrons. The molecule has 1 unspecified atom stereocenters. The topological polar surface area (TPSA) is 73.3 Å². The lowest BCUT2D eigenvalue weighted by molar-refractivity contribution is 0.187. The molecule has 0 radical (unpaired) electrons. The number of oxazole rings is 1. The highest BCUT2D eigenvalue weighted by Crippen LogP contribution is 2.24. The summed E-state index contributed by atoms with van der Waals surface area (Å²) in [6.45, 7) is 2.49. The van der Waals surface area contributed by atoms with Crippen molar-refractivity contribution in [2.24, 2.45) is 5.92 Å². The minimum absolute atomic E-state index is 0.532. The third-order valence-corrected chi connectivity index (χ3v) is 3.02. The fourth-order valence-corrected chi connectivity index (χ4v) is 2.02. The number of hydrogen-bond donors (Lipinski definition) is 2. The third kappa shape index (κ3) is 2.06. The van der Waals surface area contributed by atoms with Gasteiger partial charge in [-0.25, -0.2) is 0 Å². The first-order valence-corrected chi connectivity index (χ1v) is 5.79. The van der Waals surface area contributed by atoms with Gasteiger partial charge in [-0.3, -0.25) is 0 Å². The van der Waals surface area contributed by atoms with Gasteiger partial charge >= 0.3 is 0 Å². The fourth-order valence-electron chi connectivity index (χ4n) is 2.02. The Morgan fingerprint density at radius 1 is 1.47 bits per heavy atom. The van der Waals surface area contributed by atoms with Crippen molar-refractivity contribution in [2.75, 3.05) is 30.8 Å². The Kier molecular flexibility index (Phi) is 2.60. The Morgan fingerprint density at radius 2 is 2.41 bits per heavy atom. The summed E-state index contributed by atoms with van der Waals surface area (Å²) in [5.41, 5.74) is 7.90. The van der Waals surface area contributed by atoms with Gasteiger partial charge in [0.15, 0.2) is 5.58 Å². The Morgan fingerprint density at radius 3 is 3.18 bits per heavy atom. The Hall–Kier alpha value is -1.75. The second-order valence-corrected chi connectivity index (χ2v) is 4.32. The third-order valence-electron chi connectivity index (χ3n) is 3.02. The maximum atomic E-state index is 5.82. The molecule has 2 heterocycles. The van der Waals surface area contributed by atoms with E-state index in [9.17, 15) is 0 Å². The molecule has 1 atom stereocenters. The number of hydrogen-bond acceptors (Lipinski definition) is 5.